The van der Waals surface area contributed by atoms with Crippen LogP contribution in [0.15, 0.2) is 36.5 Å². The molecule has 5 heteroatoms. The molecule has 0 aliphatic heterocycles. The zero-order valence-corrected chi connectivity index (χ0v) is 49.5. The molecule has 0 aromatic carbocycles. The molecule has 4 N–H and O–H groups in total. The Morgan fingerprint density at radius 3 is 0.904 bits per heavy atom. The zero-order chi connectivity index (χ0) is 52.9. The standard InChI is InChI=1S/C68H131NO4/c1-3-5-7-9-11-13-15-17-19-21-23-25-27-28-29-30-31-32-33-34-35-36-37-38-40-41-43-45-47-49-51-53-55-57-59-61-65(71)63-68(73)69-66(64-70)67(72)62-60-58-56-54-52-50-48-46-44-42-39-26-24-22-20-18-16-14-12-10-8-6-4-2/h29-30,32-33,60,62,65-67,70-72H,3-28,31,34-59,61,63-64H2,1-2H3,(H,69,73)/b30-29-,33-32-,62-60+. The molecule has 3 unspecified atom stereocenters. The predicted molar refractivity (Wildman–Crippen MR) is 324 cm³/mol. The quantitative estimate of drug-likeness (QED) is 0.0361. The number of rotatable bonds is 62. The number of aliphatic hydroxyl groups excluding tert-OH is 3. The van der Waals surface area contributed by atoms with Gasteiger partial charge in [-0.15, -0.1) is 0 Å². The molecule has 0 rings (SSSR count). The number of carbonyl (C=O) groups excluding carboxylic acids is 1. The van der Waals surface area contributed by atoms with Crippen LogP contribution in [0.2, 0.25) is 0 Å². The summed E-state index contributed by atoms with van der Waals surface area (Å²) in [5, 5.41) is 33.6. The third-order valence-corrected chi connectivity index (χ3v) is 15.7. The summed E-state index contributed by atoms with van der Waals surface area (Å²) in [7, 11) is 0. The van der Waals surface area contributed by atoms with Crippen LogP contribution in [0.5, 0.6) is 0 Å². The van der Waals surface area contributed by atoms with Crippen molar-refractivity contribution in [3.8, 4) is 0 Å². The van der Waals surface area contributed by atoms with Crippen molar-refractivity contribution in [1.29, 1.82) is 0 Å². The van der Waals surface area contributed by atoms with Crippen molar-refractivity contribution in [2.45, 2.75) is 385 Å². The summed E-state index contributed by atoms with van der Waals surface area (Å²) in [6.07, 6.45) is 83.8. The van der Waals surface area contributed by atoms with Gasteiger partial charge >= 0.3 is 0 Å². The van der Waals surface area contributed by atoms with Crippen LogP contribution in [0.25, 0.3) is 0 Å². The van der Waals surface area contributed by atoms with E-state index in [1.165, 1.54) is 308 Å². The first-order valence-electron chi connectivity index (χ1n) is 33.3. The van der Waals surface area contributed by atoms with Gasteiger partial charge in [0, 0.05) is 0 Å². The number of unbranched alkanes of at least 4 members (excludes halogenated alkanes) is 49. The maximum atomic E-state index is 12.6. The number of aliphatic hydroxyl groups is 3. The Kier molecular flexibility index (Phi) is 61.9. The second kappa shape index (κ2) is 63.1. The molecule has 1 amide bonds. The van der Waals surface area contributed by atoms with Crippen LogP contribution in [0.3, 0.4) is 0 Å². The fourth-order valence-electron chi connectivity index (χ4n) is 10.6. The molecule has 0 fully saturated rings. The summed E-state index contributed by atoms with van der Waals surface area (Å²) in [5.74, 6) is -0.310. The van der Waals surface area contributed by atoms with Crippen molar-refractivity contribution in [3.05, 3.63) is 36.5 Å². The Hall–Kier alpha value is -1.43. The summed E-state index contributed by atoms with van der Waals surface area (Å²) < 4.78 is 0. The van der Waals surface area contributed by atoms with Crippen LogP contribution in [0, 0.1) is 0 Å². The van der Waals surface area contributed by atoms with Crippen LogP contribution in [-0.4, -0.2) is 46.1 Å². The molecule has 73 heavy (non-hydrogen) atoms. The number of allylic oxidation sites excluding steroid dienone is 5. The summed E-state index contributed by atoms with van der Waals surface area (Å²) in [4.78, 5) is 12.6. The monoisotopic (exact) mass is 1030 g/mol. The van der Waals surface area contributed by atoms with Gasteiger partial charge in [-0.3, -0.25) is 4.79 Å². The lowest BCUT2D eigenvalue weighted by Gasteiger charge is -2.21. The van der Waals surface area contributed by atoms with E-state index in [4.69, 9.17) is 0 Å². The molecule has 0 radical (unpaired) electrons. The molecule has 0 aliphatic carbocycles. The molecule has 0 spiro atoms. The average Bonchev–Trinajstić information content (AvgIpc) is 3.39. The van der Waals surface area contributed by atoms with Gasteiger partial charge in [-0.05, 0) is 51.4 Å². The molecule has 3 atom stereocenters. The normalized spacial score (nSPS) is 13.3. The van der Waals surface area contributed by atoms with Gasteiger partial charge in [-0.1, -0.05) is 346 Å². The van der Waals surface area contributed by atoms with E-state index in [9.17, 15) is 20.1 Å². The average molecular weight is 1030 g/mol. The van der Waals surface area contributed by atoms with Crippen LogP contribution < -0.4 is 5.32 Å². The summed E-state index contributed by atoms with van der Waals surface area (Å²) in [6, 6.07) is -0.745. The van der Waals surface area contributed by atoms with Crippen LogP contribution in [0.4, 0.5) is 0 Å². The highest BCUT2D eigenvalue weighted by Crippen LogP contribution is 2.19. The fraction of sp³-hybridized carbons (Fsp3) is 0.897. The van der Waals surface area contributed by atoms with Crippen molar-refractivity contribution in [2.24, 2.45) is 0 Å². The minimum Gasteiger partial charge on any atom is -0.394 e. The van der Waals surface area contributed by atoms with Gasteiger partial charge in [-0.25, -0.2) is 0 Å². The van der Waals surface area contributed by atoms with E-state index < -0.39 is 18.2 Å². The highest BCUT2D eigenvalue weighted by atomic mass is 16.3. The Morgan fingerprint density at radius 1 is 0.356 bits per heavy atom. The maximum absolute atomic E-state index is 12.6. The number of amides is 1. The molecule has 0 saturated carbocycles. The van der Waals surface area contributed by atoms with E-state index in [1.807, 2.05) is 6.08 Å². The zero-order valence-electron chi connectivity index (χ0n) is 49.5. The van der Waals surface area contributed by atoms with Crippen molar-refractivity contribution in [3.63, 3.8) is 0 Å². The highest BCUT2D eigenvalue weighted by molar-refractivity contribution is 5.76. The molecule has 0 heterocycles. The number of hydrogen-bond donors (Lipinski definition) is 4. The van der Waals surface area contributed by atoms with Crippen molar-refractivity contribution in [1.82, 2.24) is 5.32 Å². The minimum absolute atomic E-state index is 0.0157. The van der Waals surface area contributed by atoms with E-state index in [2.05, 4.69) is 43.5 Å². The molecular formula is C68H131NO4. The SMILES string of the molecule is CCCCCCCCCCCCCCC/C=C\C/C=C\CCCCCCCCCCCCCCCCCC(O)CC(=O)NC(CO)C(O)/C=C/CCCCCCCCCCCCCCCCCCCCCCC. The Labute approximate surface area is 457 Å². The topological polar surface area (TPSA) is 89.8 Å². The number of carbonyl (C=O) groups is 1. The molecule has 432 valence electrons. The molecule has 0 bridgehead atoms. The Bertz CT molecular complexity index is 1130. The van der Waals surface area contributed by atoms with Gasteiger partial charge in [-0.2, -0.15) is 0 Å². The van der Waals surface area contributed by atoms with E-state index in [0.29, 0.717) is 6.42 Å². The van der Waals surface area contributed by atoms with Crippen LogP contribution >= 0.6 is 0 Å². The predicted octanol–water partition coefficient (Wildman–Crippen LogP) is 21.3. The number of nitrogens with one attached hydrogen (secondary N) is 1. The summed E-state index contributed by atoms with van der Waals surface area (Å²) in [6.45, 7) is 4.26. The number of hydrogen-bond acceptors (Lipinski definition) is 4. The minimum atomic E-state index is -0.930. The summed E-state index contributed by atoms with van der Waals surface area (Å²) >= 11 is 0. The second-order valence-corrected chi connectivity index (χ2v) is 23.1. The lowest BCUT2D eigenvalue weighted by Crippen LogP contribution is -2.45. The first-order chi connectivity index (χ1) is 36.0. The van der Waals surface area contributed by atoms with Gasteiger partial charge in [0.15, 0.2) is 0 Å². The summed E-state index contributed by atoms with van der Waals surface area (Å²) in [5.41, 5.74) is 0. The first kappa shape index (κ1) is 71.6. The van der Waals surface area contributed by atoms with E-state index in [-0.39, 0.29) is 18.9 Å². The van der Waals surface area contributed by atoms with Gasteiger partial charge in [0.2, 0.25) is 5.91 Å². The van der Waals surface area contributed by atoms with E-state index in [1.54, 1.807) is 6.08 Å². The van der Waals surface area contributed by atoms with Gasteiger partial charge in [0.1, 0.15) is 0 Å². The van der Waals surface area contributed by atoms with Gasteiger partial charge in [0.25, 0.3) is 0 Å². The van der Waals surface area contributed by atoms with Crippen molar-refractivity contribution < 1.29 is 20.1 Å². The third kappa shape index (κ3) is 59.7. The first-order valence-corrected chi connectivity index (χ1v) is 33.3. The third-order valence-electron chi connectivity index (χ3n) is 15.7. The molecule has 0 aliphatic rings. The van der Waals surface area contributed by atoms with Gasteiger partial charge in [0.05, 0.1) is 31.3 Å². The van der Waals surface area contributed by atoms with E-state index >= 15 is 0 Å². The largest absolute Gasteiger partial charge is 0.394 e. The Balaban J connectivity index is 3.51. The van der Waals surface area contributed by atoms with Crippen molar-refractivity contribution in [2.75, 3.05) is 6.61 Å². The van der Waals surface area contributed by atoms with Crippen molar-refractivity contribution >= 4 is 5.91 Å². The maximum Gasteiger partial charge on any atom is 0.222 e. The smallest absolute Gasteiger partial charge is 0.222 e. The Morgan fingerprint density at radius 2 is 0.616 bits per heavy atom. The molecule has 0 aromatic heterocycles. The lowest BCUT2D eigenvalue weighted by atomic mass is 10.0. The highest BCUT2D eigenvalue weighted by Gasteiger charge is 2.20. The van der Waals surface area contributed by atoms with Crippen LogP contribution in [0.1, 0.15) is 367 Å². The van der Waals surface area contributed by atoms with Crippen LogP contribution in [-0.2, 0) is 4.79 Å². The lowest BCUT2D eigenvalue weighted by molar-refractivity contribution is -0.124. The molecule has 5 nitrogen and oxygen atoms in total. The van der Waals surface area contributed by atoms with Gasteiger partial charge < -0.3 is 20.6 Å². The molecule has 0 saturated heterocycles. The van der Waals surface area contributed by atoms with E-state index in [0.717, 1.165) is 32.1 Å². The molecule has 0 aromatic rings. The molecular weight excluding hydrogens is 895 g/mol. The second-order valence-electron chi connectivity index (χ2n) is 23.1. The fourth-order valence-corrected chi connectivity index (χ4v) is 10.6.